The Kier molecular flexibility index (Phi) is 5.75. The van der Waals surface area contributed by atoms with Gasteiger partial charge in [0, 0.05) is 43.4 Å². The van der Waals surface area contributed by atoms with Crippen LogP contribution in [-0.4, -0.2) is 70.5 Å². The first-order chi connectivity index (χ1) is 14.6. The molecule has 1 aromatic rings. The van der Waals surface area contributed by atoms with Crippen LogP contribution in [0.15, 0.2) is 30.3 Å². The quantitative estimate of drug-likeness (QED) is 0.704. The van der Waals surface area contributed by atoms with Crippen LogP contribution in [0.25, 0.3) is 0 Å². The standard InChI is InChI=1S/C24H33FN2O4/c1-23(2,3)31-22(30)27(19-12-18(19)16-7-5-4-6-8-16)15-24(9-10-24)14-26-13-17(25)11-20(26)21(28)29/h4-8,17-20H,9-15H2,1-3H3,(H,28,29)/t17-,18+,19-,20+/m1/s1. The Bertz CT molecular complexity index is 821. The summed E-state index contributed by atoms with van der Waals surface area (Å²) in [6.07, 6.45) is 1.34. The molecule has 6 nitrogen and oxygen atoms in total. The van der Waals surface area contributed by atoms with Gasteiger partial charge < -0.3 is 14.7 Å². The number of carbonyl (C=O) groups excluding carboxylic acids is 1. The van der Waals surface area contributed by atoms with Crippen LogP contribution < -0.4 is 0 Å². The predicted molar refractivity (Wildman–Crippen MR) is 115 cm³/mol. The van der Waals surface area contributed by atoms with E-state index in [1.54, 1.807) is 4.90 Å². The zero-order chi connectivity index (χ0) is 22.4. The molecular weight excluding hydrogens is 399 g/mol. The third-order valence-electron chi connectivity index (χ3n) is 6.65. The van der Waals surface area contributed by atoms with Crippen LogP contribution in [0.4, 0.5) is 9.18 Å². The van der Waals surface area contributed by atoms with Crippen LogP contribution in [0.3, 0.4) is 0 Å². The molecule has 1 aromatic carbocycles. The predicted octanol–water partition coefficient (Wildman–Crippen LogP) is 4.06. The van der Waals surface area contributed by atoms with Gasteiger partial charge in [-0.15, -0.1) is 0 Å². The number of likely N-dealkylation sites (tertiary alicyclic amines) is 1. The number of carbonyl (C=O) groups is 2. The summed E-state index contributed by atoms with van der Waals surface area (Å²) in [5, 5.41) is 9.48. The van der Waals surface area contributed by atoms with Crippen molar-refractivity contribution in [2.75, 3.05) is 19.6 Å². The molecule has 0 spiro atoms. The molecule has 0 bridgehead atoms. The first kappa shape index (κ1) is 22.1. The molecule has 0 radical (unpaired) electrons. The molecule has 2 aliphatic carbocycles. The molecule has 2 saturated carbocycles. The molecule has 4 rings (SSSR count). The van der Waals surface area contributed by atoms with Crippen LogP contribution >= 0.6 is 0 Å². The Labute approximate surface area is 183 Å². The van der Waals surface area contributed by atoms with E-state index in [0.717, 1.165) is 19.3 Å². The van der Waals surface area contributed by atoms with Gasteiger partial charge in [0.25, 0.3) is 0 Å². The van der Waals surface area contributed by atoms with Crippen molar-refractivity contribution in [3.05, 3.63) is 35.9 Å². The van der Waals surface area contributed by atoms with E-state index in [9.17, 15) is 19.1 Å². The highest BCUT2D eigenvalue weighted by Gasteiger charge is 2.54. The van der Waals surface area contributed by atoms with Gasteiger partial charge in [0.15, 0.2) is 0 Å². The lowest BCUT2D eigenvalue weighted by Gasteiger charge is -2.33. The fraction of sp³-hybridized carbons (Fsp3) is 0.667. The second-order valence-electron chi connectivity index (χ2n) is 10.5. The maximum Gasteiger partial charge on any atom is 0.410 e. The van der Waals surface area contributed by atoms with Crippen molar-refractivity contribution in [1.29, 1.82) is 0 Å². The van der Waals surface area contributed by atoms with E-state index in [2.05, 4.69) is 12.1 Å². The summed E-state index contributed by atoms with van der Waals surface area (Å²) in [4.78, 5) is 28.3. The van der Waals surface area contributed by atoms with Crippen molar-refractivity contribution in [3.8, 4) is 0 Å². The van der Waals surface area contributed by atoms with Crippen molar-refractivity contribution >= 4 is 12.1 Å². The van der Waals surface area contributed by atoms with Gasteiger partial charge in [-0.25, -0.2) is 9.18 Å². The number of alkyl halides is 1. The van der Waals surface area contributed by atoms with Gasteiger partial charge in [-0.1, -0.05) is 30.3 Å². The summed E-state index contributed by atoms with van der Waals surface area (Å²) in [7, 11) is 0. The minimum absolute atomic E-state index is 0.0416. The minimum atomic E-state index is -1.11. The number of nitrogens with zero attached hydrogens (tertiary/aromatic N) is 2. The minimum Gasteiger partial charge on any atom is -0.480 e. The summed E-state index contributed by atoms with van der Waals surface area (Å²) >= 11 is 0. The van der Waals surface area contributed by atoms with E-state index in [4.69, 9.17) is 4.74 Å². The molecular formula is C24H33FN2O4. The van der Waals surface area contributed by atoms with Gasteiger partial charge in [-0.3, -0.25) is 9.69 Å². The molecule has 7 heteroatoms. The Hall–Kier alpha value is -2.15. The number of carboxylic acids is 1. The molecule has 31 heavy (non-hydrogen) atoms. The van der Waals surface area contributed by atoms with Crippen molar-refractivity contribution in [2.24, 2.45) is 5.41 Å². The SMILES string of the molecule is CC(C)(C)OC(=O)N(CC1(CN2C[C@H](F)C[C@H]2C(=O)O)CC1)[C@@H]1C[C@H]1c1ccccc1. The Morgan fingerprint density at radius 3 is 2.48 bits per heavy atom. The lowest BCUT2D eigenvalue weighted by Crippen LogP contribution is -2.46. The molecule has 0 unspecified atom stereocenters. The zero-order valence-corrected chi connectivity index (χ0v) is 18.6. The average molecular weight is 433 g/mol. The molecule has 1 aliphatic heterocycles. The average Bonchev–Trinajstić information content (AvgIpc) is 3.58. The Morgan fingerprint density at radius 1 is 1.23 bits per heavy atom. The van der Waals surface area contributed by atoms with Crippen molar-refractivity contribution < 1.29 is 23.8 Å². The molecule has 170 valence electrons. The van der Waals surface area contributed by atoms with Crippen molar-refractivity contribution in [3.63, 3.8) is 0 Å². The number of carboxylic acid groups (broad SMARTS) is 1. The van der Waals surface area contributed by atoms with Gasteiger partial charge in [-0.05, 0) is 45.6 Å². The number of aliphatic carboxylic acids is 1. The summed E-state index contributed by atoms with van der Waals surface area (Å²) in [5.41, 5.74) is 0.448. The van der Waals surface area contributed by atoms with E-state index in [1.807, 2.05) is 43.9 Å². The molecule has 3 aliphatic rings. The highest BCUT2D eigenvalue weighted by Crippen LogP contribution is 2.52. The highest BCUT2D eigenvalue weighted by molar-refractivity contribution is 5.74. The van der Waals surface area contributed by atoms with E-state index < -0.39 is 23.8 Å². The Morgan fingerprint density at radius 2 is 1.90 bits per heavy atom. The summed E-state index contributed by atoms with van der Waals surface area (Å²) in [6.45, 7) is 6.77. The number of halogens is 1. The maximum atomic E-state index is 13.9. The second kappa shape index (κ2) is 8.08. The molecule has 0 aromatic heterocycles. The topological polar surface area (TPSA) is 70.1 Å². The summed E-state index contributed by atoms with van der Waals surface area (Å²) < 4.78 is 19.7. The van der Waals surface area contributed by atoms with Gasteiger partial charge in [-0.2, -0.15) is 0 Å². The summed E-state index contributed by atoms with van der Waals surface area (Å²) in [6, 6.07) is 9.49. The Balaban J connectivity index is 1.48. The summed E-state index contributed by atoms with van der Waals surface area (Å²) in [5.74, 6) is -0.676. The zero-order valence-electron chi connectivity index (χ0n) is 18.6. The third kappa shape index (κ3) is 5.20. The molecule has 1 heterocycles. The van der Waals surface area contributed by atoms with E-state index >= 15 is 0 Å². The number of amides is 1. The van der Waals surface area contributed by atoms with E-state index in [-0.39, 0.29) is 30.5 Å². The smallest absolute Gasteiger partial charge is 0.410 e. The van der Waals surface area contributed by atoms with Crippen LogP contribution in [0.1, 0.15) is 57.9 Å². The molecule has 1 saturated heterocycles. The van der Waals surface area contributed by atoms with Gasteiger partial charge >= 0.3 is 12.1 Å². The van der Waals surface area contributed by atoms with Crippen LogP contribution in [0, 0.1) is 5.41 Å². The van der Waals surface area contributed by atoms with Crippen LogP contribution in [0.2, 0.25) is 0 Å². The second-order valence-corrected chi connectivity index (χ2v) is 10.5. The van der Waals surface area contributed by atoms with Crippen LogP contribution in [0.5, 0.6) is 0 Å². The van der Waals surface area contributed by atoms with Crippen molar-refractivity contribution in [2.45, 2.75) is 76.2 Å². The number of hydrogen-bond acceptors (Lipinski definition) is 4. The third-order valence-corrected chi connectivity index (χ3v) is 6.65. The largest absolute Gasteiger partial charge is 0.480 e. The van der Waals surface area contributed by atoms with E-state index in [1.165, 1.54) is 5.56 Å². The van der Waals surface area contributed by atoms with Gasteiger partial charge in [0.1, 0.15) is 17.8 Å². The molecule has 4 atom stereocenters. The maximum absolute atomic E-state index is 13.9. The fourth-order valence-electron chi connectivity index (χ4n) is 4.84. The molecule has 1 N–H and O–H groups in total. The van der Waals surface area contributed by atoms with Crippen LogP contribution in [-0.2, 0) is 9.53 Å². The fourth-order valence-corrected chi connectivity index (χ4v) is 4.84. The lowest BCUT2D eigenvalue weighted by molar-refractivity contribution is -0.142. The molecule has 3 fully saturated rings. The number of benzene rings is 1. The first-order valence-electron chi connectivity index (χ1n) is 11.2. The lowest BCUT2D eigenvalue weighted by atomic mass is 10.0. The number of rotatable bonds is 7. The first-order valence-corrected chi connectivity index (χ1v) is 11.2. The van der Waals surface area contributed by atoms with E-state index in [0.29, 0.717) is 19.0 Å². The van der Waals surface area contributed by atoms with Gasteiger partial charge in [0.05, 0.1) is 0 Å². The van der Waals surface area contributed by atoms with Gasteiger partial charge in [0.2, 0.25) is 0 Å². The number of hydrogen-bond donors (Lipinski definition) is 1. The normalized spacial score (nSPS) is 29.4. The van der Waals surface area contributed by atoms with Crippen molar-refractivity contribution in [1.82, 2.24) is 9.80 Å². The molecule has 1 amide bonds. The highest BCUT2D eigenvalue weighted by atomic mass is 19.1. The number of ether oxygens (including phenoxy) is 1. The monoisotopic (exact) mass is 432 g/mol.